The van der Waals surface area contributed by atoms with Gasteiger partial charge in [0.25, 0.3) is 5.91 Å². The first kappa shape index (κ1) is 19.6. The number of aliphatic carboxylic acids is 1. The van der Waals surface area contributed by atoms with Crippen molar-refractivity contribution in [3.63, 3.8) is 0 Å². The largest absolute Gasteiger partial charge is 0.480 e. The summed E-state index contributed by atoms with van der Waals surface area (Å²) in [6.07, 6.45) is 0.0780. The minimum Gasteiger partial charge on any atom is -0.480 e. The monoisotopic (exact) mass is 336 g/mol. The standard InChI is InChI=1S/C17H24N2O5/c1-11(15(21)22)19(18)14(20)13(16(23)24-17(2,3)4)10-12-8-6-5-7-9-12/h5-9,11,13H,10,18H2,1-4H3,(H,21,22)/t11-,13-/m0/s1. The molecule has 1 amide bonds. The Bertz CT molecular complexity index is 595. The molecule has 0 heterocycles. The van der Waals surface area contributed by atoms with Crippen LogP contribution in [0.25, 0.3) is 0 Å². The molecule has 1 aromatic rings. The maximum Gasteiger partial charge on any atom is 0.327 e. The van der Waals surface area contributed by atoms with Crippen molar-refractivity contribution in [2.75, 3.05) is 0 Å². The minimum absolute atomic E-state index is 0.0780. The smallest absolute Gasteiger partial charge is 0.327 e. The number of hydrazine groups is 1. The van der Waals surface area contributed by atoms with E-state index in [-0.39, 0.29) is 6.42 Å². The van der Waals surface area contributed by atoms with Gasteiger partial charge in [0.2, 0.25) is 0 Å². The van der Waals surface area contributed by atoms with Crippen LogP contribution in [-0.2, 0) is 25.5 Å². The van der Waals surface area contributed by atoms with Gasteiger partial charge in [0.05, 0.1) is 0 Å². The van der Waals surface area contributed by atoms with E-state index in [1.54, 1.807) is 45.0 Å². The van der Waals surface area contributed by atoms with Crippen molar-refractivity contribution in [3.8, 4) is 0 Å². The van der Waals surface area contributed by atoms with E-state index < -0.39 is 35.4 Å². The molecule has 0 saturated carbocycles. The number of nitrogens with zero attached hydrogens (tertiary/aromatic N) is 1. The molecule has 0 fully saturated rings. The minimum atomic E-state index is -1.26. The number of rotatable bonds is 6. The summed E-state index contributed by atoms with van der Waals surface area (Å²) in [5.74, 6) is 1.63. The van der Waals surface area contributed by atoms with Gasteiger partial charge in [0.15, 0.2) is 0 Å². The summed E-state index contributed by atoms with van der Waals surface area (Å²) < 4.78 is 5.29. The zero-order valence-corrected chi connectivity index (χ0v) is 14.4. The number of ether oxygens (including phenoxy) is 1. The summed E-state index contributed by atoms with van der Waals surface area (Å²) >= 11 is 0. The highest BCUT2D eigenvalue weighted by atomic mass is 16.6. The van der Waals surface area contributed by atoms with Crippen LogP contribution in [0, 0.1) is 5.92 Å². The van der Waals surface area contributed by atoms with E-state index >= 15 is 0 Å². The predicted octanol–water partition coefficient (Wildman–Crippen LogP) is 1.36. The lowest BCUT2D eigenvalue weighted by Gasteiger charge is -2.28. The fourth-order valence-corrected chi connectivity index (χ4v) is 1.98. The lowest BCUT2D eigenvalue weighted by atomic mass is 9.97. The molecule has 1 aromatic carbocycles. The second kappa shape index (κ2) is 7.92. The van der Waals surface area contributed by atoms with Crippen LogP contribution >= 0.6 is 0 Å². The molecule has 2 atom stereocenters. The van der Waals surface area contributed by atoms with Crippen LogP contribution in [0.15, 0.2) is 30.3 Å². The van der Waals surface area contributed by atoms with Gasteiger partial charge in [-0.3, -0.25) is 14.6 Å². The van der Waals surface area contributed by atoms with E-state index in [0.717, 1.165) is 5.56 Å². The van der Waals surface area contributed by atoms with Gasteiger partial charge in [0, 0.05) is 0 Å². The van der Waals surface area contributed by atoms with Crippen molar-refractivity contribution in [3.05, 3.63) is 35.9 Å². The van der Waals surface area contributed by atoms with Crippen molar-refractivity contribution in [1.29, 1.82) is 0 Å². The molecule has 0 unspecified atom stereocenters. The van der Waals surface area contributed by atoms with Gasteiger partial charge in [-0.25, -0.2) is 10.6 Å². The van der Waals surface area contributed by atoms with Crippen molar-refractivity contribution < 1.29 is 24.2 Å². The number of carboxylic acids is 1. The number of carbonyl (C=O) groups excluding carboxylic acids is 2. The summed E-state index contributed by atoms with van der Waals surface area (Å²) in [5.41, 5.74) is -0.0254. The summed E-state index contributed by atoms with van der Waals surface area (Å²) in [6.45, 7) is 6.34. The van der Waals surface area contributed by atoms with E-state index in [0.29, 0.717) is 5.01 Å². The Hall–Kier alpha value is -2.41. The lowest BCUT2D eigenvalue weighted by Crippen LogP contribution is -2.52. The topological polar surface area (TPSA) is 110 Å². The summed E-state index contributed by atoms with van der Waals surface area (Å²) in [4.78, 5) is 36.0. The van der Waals surface area contributed by atoms with Gasteiger partial charge in [-0.1, -0.05) is 30.3 Å². The van der Waals surface area contributed by atoms with Crippen LogP contribution in [0.1, 0.15) is 33.3 Å². The van der Waals surface area contributed by atoms with E-state index in [1.165, 1.54) is 6.92 Å². The number of nitrogens with two attached hydrogens (primary N) is 1. The molecule has 0 saturated heterocycles. The van der Waals surface area contributed by atoms with Crippen molar-refractivity contribution >= 4 is 17.8 Å². The van der Waals surface area contributed by atoms with Crippen LogP contribution < -0.4 is 5.84 Å². The Kier molecular flexibility index (Phi) is 6.48. The van der Waals surface area contributed by atoms with E-state index in [4.69, 9.17) is 15.7 Å². The highest BCUT2D eigenvalue weighted by Crippen LogP contribution is 2.18. The molecule has 0 bridgehead atoms. The molecule has 0 aliphatic carbocycles. The van der Waals surface area contributed by atoms with Crippen LogP contribution in [0.3, 0.4) is 0 Å². The third-order valence-electron chi connectivity index (χ3n) is 3.30. The highest BCUT2D eigenvalue weighted by Gasteiger charge is 2.36. The zero-order valence-electron chi connectivity index (χ0n) is 14.4. The molecule has 0 radical (unpaired) electrons. The first-order valence-corrected chi connectivity index (χ1v) is 7.60. The number of esters is 1. The molecule has 0 aromatic heterocycles. The van der Waals surface area contributed by atoms with Crippen molar-refractivity contribution in [2.45, 2.75) is 45.8 Å². The van der Waals surface area contributed by atoms with E-state index in [2.05, 4.69) is 0 Å². The highest BCUT2D eigenvalue weighted by molar-refractivity contribution is 5.99. The average molecular weight is 336 g/mol. The number of hydrogen-bond donors (Lipinski definition) is 2. The van der Waals surface area contributed by atoms with E-state index in [1.807, 2.05) is 6.07 Å². The van der Waals surface area contributed by atoms with E-state index in [9.17, 15) is 14.4 Å². The molecule has 1 rings (SSSR count). The Balaban J connectivity index is 3.05. The molecule has 0 aliphatic rings. The van der Waals surface area contributed by atoms with Gasteiger partial charge in [-0.15, -0.1) is 0 Å². The fourth-order valence-electron chi connectivity index (χ4n) is 1.98. The lowest BCUT2D eigenvalue weighted by molar-refractivity contribution is -0.167. The van der Waals surface area contributed by atoms with Crippen LogP contribution in [0.4, 0.5) is 0 Å². The van der Waals surface area contributed by atoms with Gasteiger partial charge in [-0.2, -0.15) is 0 Å². The first-order chi connectivity index (χ1) is 11.0. The Morgan fingerprint density at radius 3 is 2.21 bits per heavy atom. The maximum atomic E-state index is 12.6. The summed E-state index contributed by atoms with van der Waals surface area (Å²) in [6, 6.07) is 7.67. The normalized spacial score (nSPS) is 13.7. The van der Waals surface area contributed by atoms with Gasteiger partial charge in [0.1, 0.15) is 17.6 Å². The molecule has 132 valence electrons. The third-order valence-corrected chi connectivity index (χ3v) is 3.30. The molecular weight excluding hydrogens is 312 g/mol. The molecule has 0 aliphatic heterocycles. The second-order valence-electron chi connectivity index (χ2n) is 6.54. The Labute approximate surface area is 141 Å². The zero-order chi connectivity index (χ0) is 18.5. The Morgan fingerprint density at radius 2 is 1.75 bits per heavy atom. The van der Waals surface area contributed by atoms with Crippen molar-refractivity contribution in [2.24, 2.45) is 11.8 Å². The van der Waals surface area contributed by atoms with Gasteiger partial charge in [-0.05, 0) is 39.7 Å². The molecule has 7 heteroatoms. The number of amides is 1. The fraction of sp³-hybridized carbons (Fsp3) is 0.471. The summed E-state index contributed by atoms with van der Waals surface area (Å²) in [5, 5.41) is 9.58. The molecule has 3 N–H and O–H groups in total. The molecule has 24 heavy (non-hydrogen) atoms. The first-order valence-electron chi connectivity index (χ1n) is 7.60. The Morgan fingerprint density at radius 1 is 1.21 bits per heavy atom. The quantitative estimate of drug-likeness (QED) is 0.267. The maximum absolute atomic E-state index is 12.6. The predicted molar refractivity (Wildman–Crippen MR) is 87.6 cm³/mol. The molecule has 0 spiro atoms. The number of carbonyl (C=O) groups is 3. The SMILES string of the molecule is C[C@@H](C(=O)O)N(N)C(=O)[C@H](Cc1ccccc1)C(=O)OC(C)(C)C. The number of carboxylic acid groups (broad SMARTS) is 1. The number of hydrogen-bond acceptors (Lipinski definition) is 5. The van der Waals surface area contributed by atoms with Gasteiger partial charge < -0.3 is 9.84 Å². The average Bonchev–Trinajstić information content (AvgIpc) is 2.49. The summed E-state index contributed by atoms with van der Waals surface area (Å²) in [7, 11) is 0. The van der Waals surface area contributed by atoms with Gasteiger partial charge >= 0.3 is 11.9 Å². The molecular formula is C17H24N2O5. The third kappa shape index (κ3) is 5.66. The van der Waals surface area contributed by atoms with Crippen molar-refractivity contribution in [1.82, 2.24) is 5.01 Å². The molecule has 7 nitrogen and oxygen atoms in total. The van der Waals surface area contributed by atoms with Crippen LogP contribution in [0.5, 0.6) is 0 Å². The van der Waals surface area contributed by atoms with Crippen LogP contribution in [-0.4, -0.2) is 39.6 Å². The number of benzene rings is 1. The second-order valence-corrected chi connectivity index (χ2v) is 6.54. The van der Waals surface area contributed by atoms with Crippen LogP contribution in [0.2, 0.25) is 0 Å².